The molecule has 0 aliphatic carbocycles. The second kappa shape index (κ2) is 25.5. The number of nitrogens with zero attached hydrogens (tertiary/aromatic N) is 1. The van der Waals surface area contributed by atoms with E-state index in [1.807, 2.05) is 0 Å². The number of aromatic amines is 1. The topological polar surface area (TPSA) is 19.7 Å². The lowest BCUT2D eigenvalue weighted by atomic mass is 9.94. The summed E-state index contributed by atoms with van der Waals surface area (Å²) >= 11 is 0. The van der Waals surface area contributed by atoms with Gasteiger partial charge in [-0.3, -0.25) is 0 Å². The highest BCUT2D eigenvalue weighted by molar-refractivity contribution is 4.90. The Morgan fingerprint density at radius 3 is 1.35 bits per heavy atom. The fraction of sp³-hybridized carbons (Fsp3) is 0.914. The van der Waals surface area contributed by atoms with Crippen LogP contribution in [0.4, 0.5) is 0 Å². The summed E-state index contributed by atoms with van der Waals surface area (Å²) in [6.45, 7) is 9.41. The molecule has 1 aromatic rings. The Balaban J connectivity index is 2.19. The lowest BCUT2D eigenvalue weighted by molar-refractivity contribution is -0.727. The number of nitrogens with one attached hydrogen (secondary N) is 1. The summed E-state index contributed by atoms with van der Waals surface area (Å²) in [5.74, 6) is 2.21. The predicted octanol–water partition coefficient (Wildman–Crippen LogP) is 12.1. The van der Waals surface area contributed by atoms with Crippen molar-refractivity contribution in [3.8, 4) is 0 Å². The van der Waals surface area contributed by atoms with Gasteiger partial charge in [0.1, 0.15) is 12.4 Å². The van der Waals surface area contributed by atoms with E-state index in [4.69, 9.17) is 0 Å². The lowest BCUT2D eigenvalue weighted by Crippen LogP contribution is -2.41. The molecule has 2 unspecified atom stereocenters. The van der Waals surface area contributed by atoms with Crippen LogP contribution in [0.25, 0.3) is 0 Å². The highest BCUT2D eigenvalue weighted by atomic mass is 15.1. The third-order valence-corrected chi connectivity index (χ3v) is 8.62. The number of hydrogen-bond acceptors (Lipinski definition) is 0. The van der Waals surface area contributed by atoms with Gasteiger partial charge in [-0.05, 0) is 32.6 Å². The first-order valence-electron chi connectivity index (χ1n) is 17.3. The van der Waals surface area contributed by atoms with E-state index >= 15 is 0 Å². The molecule has 1 N–H and O–H groups in total. The van der Waals surface area contributed by atoms with Crippen LogP contribution in [0.3, 0.4) is 0 Å². The molecule has 0 aromatic carbocycles. The van der Waals surface area contributed by atoms with E-state index in [0.717, 1.165) is 0 Å². The van der Waals surface area contributed by atoms with Gasteiger partial charge in [-0.25, -0.2) is 9.55 Å². The molecule has 0 spiro atoms. The number of imidazole rings is 1. The van der Waals surface area contributed by atoms with Crippen LogP contribution < -0.4 is 4.57 Å². The van der Waals surface area contributed by atoms with Gasteiger partial charge in [0.15, 0.2) is 0 Å². The van der Waals surface area contributed by atoms with Crippen LogP contribution >= 0.6 is 0 Å². The molecule has 2 nitrogen and oxygen atoms in total. The summed E-state index contributed by atoms with van der Waals surface area (Å²) in [5.41, 5.74) is 0. The summed E-state index contributed by atoms with van der Waals surface area (Å²) < 4.78 is 2.59. The van der Waals surface area contributed by atoms with Crippen molar-refractivity contribution in [1.29, 1.82) is 0 Å². The molecule has 1 aromatic heterocycles. The van der Waals surface area contributed by atoms with Crippen molar-refractivity contribution in [2.75, 3.05) is 0 Å². The summed E-state index contributed by atoms with van der Waals surface area (Å²) in [5, 5.41) is 0. The molecule has 0 amide bonds. The molecule has 37 heavy (non-hydrogen) atoms. The fourth-order valence-corrected chi connectivity index (χ4v) is 6.14. The van der Waals surface area contributed by atoms with Crippen molar-refractivity contribution in [2.24, 2.45) is 0 Å². The van der Waals surface area contributed by atoms with E-state index in [1.165, 1.54) is 173 Å². The van der Waals surface area contributed by atoms with Crippen LogP contribution in [0.1, 0.15) is 212 Å². The minimum absolute atomic E-state index is 0.622. The zero-order valence-electron chi connectivity index (χ0n) is 26.1. The van der Waals surface area contributed by atoms with E-state index in [1.54, 1.807) is 0 Å². The third kappa shape index (κ3) is 18.2. The first-order valence-corrected chi connectivity index (χ1v) is 17.3. The number of hydrogen-bond donors (Lipinski definition) is 1. The minimum atomic E-state index is 0.622. The van der Waals surface area contributed by atoms with E-state index in [0.29, 0.717) is 12.0 Å². The van der Waals surface area contributed by atoms with Gasteiger partial charge in [-0.15, -0.1) is 0 Å². The highest BCUT2D eigenvalue weighted by Crippen LogP contribution is 2.26. The van der Waals surface area contributed by atoms with Crippen molar-refractivity contribution < 1.29 is 4.57 Å². The Labute approximate surface area is 234 Å². The van der Waals surface area contributed by atoms with E-state index in [-0.39, 0.29) is 0 Å². The van der Waals surface area contributed by atoms with Gasteiger partial charge in [0.25, 0.3) is 5.82 Å². The second-order valence-corrected chi connectivity index (χ2v) is 12.2. The van der Waals surface area contributed by atoms with Crippen LogP contribution in [-0.2, 0) is 0 Å². The summed E-state index contributed by atoms with van der Waals surface area (Å²) in [7, 11) is 0. The summed E-state index contributed by atoms with van der Waals surface area (Å²) in [4.78, 5) is 3.67. The average Bonchev–Trinajstić information content (AvgIpc) is 3.39. The minimum Gasteiger partial charge on any atom is -0.247 e. The normalized spacial score (nSPS) is 13.3. The Hall–Kier alpha value is -0.790. The van der Waals surface area contributed by atoms with Crippen molar-refractivity contribution in [3.05, 3.63) is 18.2 Å². The molecular formula is C35H69N2+. The number of aromatic nitrogens is 2. The fourth-order valence-electron chi connectivity index (χ4n) is 6.14. The first-order chi connectivity index (χ1) is 18.2. The van der Waals surface area contributed by atoms with Gasteiger partial charge >= 0.3 is 0 Å². The van der Waals surface area contributed by atoms with Crippen LogP contribution in [0, 0.1) is 0 Å². The van der Waals surface area contributed by atoms with Crippen LogP contribution in [0.2, 0.25) is 0 Å². The van der Waals surface area contributed by atoms with Crippen LogP contribution in [-0.4, -0.2) is 4.98 Å². The van der Waals surface area contributed by atoms with Crippen molar-refractivity contribution >= 4 is 0 Å². The SMILES string of the molecule is CCCCCCCCCCCCCCC(C)[n+]1cc[nH]c1C(CCC)CCCCCCCCCCCC. The van der Waals surface area contributed by atoms with Gasteiger partial charge in [0, 0.05) is 0 Å². The molecule has 0 aliphatic rings. The summed E-state index contributed by atoms with van der Waals surface area (Å²) in [6, 6.07) is 0.622. The molecule has 2 heteroatoms. The summed E-state index contributed by atoms with van der Waals surface area (Å²) in [6.07, 6.45) is 41.3. The number of H-pyrrole nitrogens is 1. The second-order valence-electron chi connectivity index (χ2n) is 12.2. The molecule has 0 fully saturated rings. The Bertz CT molecular complexity index is 578. The Morgan fingerprint density at radius 2 is 0.919 bits per heavy atom. The number of unbranched alkanes of at least 4 members (excludes halogenated alkanes) is 20. The maximum atomic E-state index is 3.67. The molecule has 0 saturated heterocycles. The Kier molecular flexibility index (Phi) is 23.6. The van der Waals surface area contributed by atoms with E-state index in [2.05, 4.69) is 49.6 Å². The molecule has 0 bridgehead atoms. The van der Waals surface area contributed by atoms with Gasteiger partial charge in [0.2, 0.25) is 0 Å². The molecule has 1 heterocycles. The number of rotatable bonds is 28. The van der Waals surface area contributed by atoms with E-state index in [9.17, 15) is 0 Å². The maximum Gasteiger partial charge on any atom is 0.257 e. The van der Waals surface area contributed by atoms with Crippen LogP contribution in [0.5, 0.6) is 0 Å². The molecule has 0 aliphatic heterocycles. The quantitative estimate of drug-likeness (QED) is 0.0842. The standard InChI is InChI=1S/C35H68N2/c1-5-8-10-12-14-16-18-19-20-22-24-26-29-33(4)37-32-31-36-35(37)34(28-7-3)30-27-25-23-21-17-15-13-11-9-6-2/h31-34H,5-30H2,1-4H3/p+1. The van der Waals surface area contributed by atoms with Gasteiger partial charge in [-0.2, -0.15) is 0 Å². The van der Waals surface area contributed by atoms with Crippen LogP contribution in [0.15, 0.2) is 12.4 Å². The molecule has 2 atom stereocenters. The molecule has 218 valence electrons. The maximum absolute atomic E-state index is 3.67. The lowest BCUT2D eigenvalue weighted by Gasteiger charge is -2.16. The monoisotopic (exact) mass is 518 g/mol. The van der Waals surface area contributed by atoms with Gasteiger partial charge < -0.3 is 0 Å². The van der Waals surface area contributed by atoms with Crippen molar-refractivity contribution in [1.82, 2.24) is 4.98 Å². The molecule has 0 radical (unpaired) electrons. The van der Waals surface area contributed by atoms with Gasteiger partial charge in [0.05, 0.1) is 12.0 Å². The zero-order valence-corrected chi connectivity index (χ0v) is 26.1. The van der Waals surface area contributed by atoms with E-state index < -0.39 is 0 Å². The van der Waals surface area contributed by atoms with Gasteiger partial charge in [-0.1, -0.05) is 162 Å². The predicted molar refractivity (Wildman–Crippen MR) is 166 cm³/mol. The van der Waals surface area contributed by atoms with Crippen molar-refractivity contribution in [3.63, 3.8) is 0 Å². The largest absolute Gasteiger partial charge is 0.257 e. The third-order valence-electron chi connectivity index (χ3n) is 8.62. The van der Waals surface area contributed by atoms with Crippen molar-refractivity contribution in [2.45, 2.75) is 207 Å². The first kappa shape index (κ1) is 34.2. The smallest absolute Gasteiger partial charge is 0.247 e. The molecule has 0 saturated carbocycles. The average molecular weight is 518 g/mol. The molecule has 1 rings (SSSR count). The zero-order chi connectivity index (χ0) is 26.8. The molecular weight excluding hydrogens is 448 g/mol. The highest BCUT2D eigenvalue weighted by Gasteiger charge is 2.24. The Morgan fingerprint density at radius 1 is 0.514 bits per heavy atom.